The van der Waals surface area contributed by atoms with Gasteiger partial charge in [-0.25, -0.2) is 13.2 Å². The molecule has 0 spiro atoms. The van der Waals surface area contributed by atoms with Gasteiger partial charge < -0.3 is 4.74 Å². The molecule has 2 rings (SSSR count). The van der Waals surface area contributed by atoms with E-state index in [1.54, 1.807) is 6.92 Å². The van der Waals surface area contributed by atoms with Gasteiger partial charge in [-0.15, -0.1) is 0 Å². The van der Waals surface area contributed by atoms with Crippen molar-refractivity contribution < 1.29 is 17.9 Å². The maximum atomic E-state index is 12.6. The van der Waals surface area contributed by atoms with Crippen LogP contribution in [0.15, 0.2) is 11.2 Å². The number of nitrogens with one attached hydrogen (secondary N) is 1. The Morgan fingerprint density at radius 1 is 1.50 bits per heavy atom. The van der Waals surface area contributed by atoms with E-state index >= 15 is 0 Å². The fourth-order valence-electron chi connectivity index (χ4n) is 2.02. The van der Waals surface area contributed by atoms with E-state index in [9.17, 15) is 13.2 Å². The van der Waals surface area contributed by atoms with Gasteiger partial charge in [0.1, 0.15) is 5.56 Å². The van der Waals surface area contributed by atoms with Crippen molar-refractivity contribution in [1.82, 2.24) is 14.5 Å². The Kier molecular flexibility index (Phi) is 4.44. The number of ether oxygens (including phenoxy) is 1. The molecule has 0 unspecified atom stereocenters. The van der Waals surface area contributed by atoms with Crippen LogP contribution in [0.1, 0.15) is 43.5 Å². The van der Waals surface area contributed by atoms with E-state index in [1.807, 2.05) is 6.92 Å². The molecule has 0 radical (unpaired) electrons. The van der Waals surface area contributed by atoms with Crippen LogP contribution in [0.5, 0.6) is 0 Å². The molecule has 1 aliphatic rings. The molecular formula is C12H19N3O4S. The quantitative estimate of drug-likeness (QED) is 0.763. The molecule has 1 N–H and O–H groups in total. The number of rotatable bonds is 7. The third-order valence-electron chi connectivity index (χ3n) is 3.06. The largest absolute Gasteiger partial charge is 0.462 e. The first-order chi connectivity index (χ1) is 9.52. The summed E-state index contributed by atoms with van der Waals surface area (Å²) in [6.45, 7) is 4.21. The van der Waals surface area contributed by atoms with Crippen LogP contribution < -0.4 is 0 Å². The molecule has 20 heavy (non-hydrogen) atoms. The van der Waals surface area contributed by atoms with Gasteiger partial charge in [-0.1, -0.05) is 6.92 Å². The number of carbonyl (C=O) groups excluding carboxylic acids is 1. The Bertz CT molecular complexity index is 577. The van der Waals surface area contributed by atoms with Crippen molar-refractivity contribution in [2.45, 2.75) is 44.2 Å². The fraction of sp³-hybridized carbons (Fsp3) is 0.667. The summed E-state index contributed by atoms with van der Waals surface area (Å²) in [6.07, 6.45) is 3.64. The lowest BCUT2D eigenvalue weighted by molar-refractivity contribution is 0.0521. The molecule has 1 aromatic heterocycles. The lowest BCUT2D eigenvalue weighted by Crippen LogP contribution is -2.35. The zero-order valence-corrected chi connectivity index (χ0v) is 12.4. The molecule has 1 aliphatic carbocycles. The van der Waals surface area contributed by atoms with Crippen molar-refractivity contribution in [3.8, 4) is 0 Å². The van der Waals surface area contributed by atoms with E-state index in [0.717, 1.165) is 19.3 Å². The van der Waals surface area contributed by atoms with Crippen molar-refractivity contribution in [3.63, 3.8) is 0 Å². The summed E-state index contributed by atoms with van der Waals surface area (Å²) in [5, 5.41) is 5.94. The molecule has 8 heteroatoms. The first-order valence-electron chi connectivity index (χ1n) is 6.74. The average Bonchev–Trinajstić information content (AvgIpc) is 3.10. The summed E-state index contributed by atoms with van der Waals surface area (Å²) >= 11 is 0. The second kappa shape index (κ2) is 5.92. The number of hydrogen-bond acceptors (Lipinski definition) is 5. The molecule has 0 aromatic carbocycles. The van der Waals surface area contributed by atoms with Gasteiger partial charge in [0.15, 0.2) is 5.03 Å². The van der Waals surface area contributed by atoms with Crippen LogP contribution in [0.25, 0.3) is 0 Å². The third-order valence-corrected chi connectivity index (χ3v) is 4.99. The average molecular weight is 301 g/mol. The molecule has 0 saturated heterocycles. The smallest absolute Gasteiger partial charge is 0.342 e. The Morgan fingerprint density at radius 3 is 2.75 bits per heavy atom. The molecule has 0 atom stereocenters. The Morgan fingerprint density at radius 2 is 2.20 bits per heavy atom. The second-order valence-electron chi connectivity index (χ2n) is 4.68. The summed E-state index contributed by atoms with van der Waals surface area (Å²) in [6, 6.07) is 0.0401. The van der Waals surface area contributed by atoms with Gasteiger partial charge in [0.25, 0.3) is 10.0 Å². The highest BCUT2D eigenvalue weighted by atomic mass is 32.2. The number of carbonyl (C=O) groups is 1. The van der Waals surface area contributed by atoms with Crippen molar-refractivity contribution in [3.05, 3.63) is 11.8 Å². The van der Waals surface area contributed by atoms with Gasteiger partial charge in [-0.3, -0.25) is 5.10 Å². The van der Waals surface area contributed by atoms with Crippen LogP contribution in [-0.4, -0.2) is 48.1 Å². The molecule has 1 saturated carbocycles. The highest BCUT2D eigenvalue weighted by Crippen LogP contribution is 2.32. The molecule has 112 valence electrons. The number of esters is 1. The Balaban J connectivity index is 2.34. The van der Waals surface area contributed by atoms with Gasteiger partial charge >= 0.3 is 5.97 Å². The van der Waals surface area contributed by atoms with E-state index in [2.05, 4.69) is 10.2 Å². The topological polar surface area (TPSA) is 92.4 Å². The van der Waals surface area contributed by atoms with E-state index in [0.29, 0.717) is 6.54 Å². The maximum Gasteiger partial charge on any atom is 0.342 e. The zero-order valence-electron chi connectivity index (χ0n) is 11.6. The summed E-state index contributed by atoms with van der Waals surface area (Å²) < 4.78 is 31.6. The normalized spacial score (nSPS) is 15.6. The van der Waals surface area contributed by atoms with Crippen LogP contribution >= 0.6 is 0 Å². The van der Waals surface area contributed by atoms with Crippen molar-refractivity contribution in [2.75, 3.05) is 13.2 Å². The molecule has 1 aromatic rings. The van der Waals surface area contributed by atoms with Crippen LogP contribution in [0.3, 0.4) is 0 Å². The molecule has 0 aliphatic heterocycles. The standard InChI is InChI=1S/C12H19N3O4S/c1-3-7-15(9-5-6-9)20(17,18)11-10(8-13-14-11)12(16)19-4-2/h8-9H,3-7H2,1-2H3,(H,13,14). The van der Waals surface area contributed by atoms with Crippen LogP contribution in [0.2, 0.25) is 0 Å². The first-order valence-corrected chi connectivity index (χ1v) is 8.18. The highest BCUT2D eigenvalue weighted by molar-refractivity contribution is 7.89. The van der Waals surface area contributed by atoms with Gasteiger partial charge in [0.2, 0.25) is 0 Å². The van der Waals surface area contributed by atoms with E-state index in [1.165, 1.54) is 10.5 Å². The minimum absolute atomic E-state index is 0.0337. The predicted octanol–water partition coefficient (Wildman–Crippen LogP) is 1.15. The van der Waals surface area contributed by atoms with Crippen LogP contribution in [0, 0.1) is 0 Å². The molecule has 7 nitrogen and oxygen atoms in total. The summed E-state index contributed by atoms with van der Waals surface area (Å²) in [5.41, 5.74) is -0.0337. The Labute approximate surface area is 118 Å². The zero-order chi connectivity index (χ0) is 14.8. The summed E-state index contributed by atoms with van der Waals surface area (Å²) in [7, 11) is -3.74. The predicted molar refractivity (Wildman–Crippen MR) is 71.7 cm³/mol. The minimum atomic E-state index is -3.74. The second-order valence-corrected chi connectivity index (χ2v) is 6.51. The molecule has 1 fully saturated rings. The number of aromatic nitrogens is 2. The SMILES string of the molecule is CCCN(C1CC1)S(=O)(=O)c1[nH]ncc1C(=O)OCC. The third kappa shape index (κ3) is 2.85. The molecule has 0 bridgehead atoms. The number of hydrogen-bond donors (Lipinski definition) is 1. The maximum absolute atomic E-state index is 12.6. The van der Waals surface area contributed by atoms with Crippen LogP contribution in [0.4, 0.5) is 0 Å². The minimum Gasteiger partial charge on any atom is -0.462 e. The molecule has 1 heterocycles. The lowest BCUT2D eigenvalue weighted by Gasteiger charge is -2.20. The van der Waals surface area contributed by atoms with Gasteiger partial charge in [0, 0.05) is 12.6 Å². The van der Waals surface area contributed by atoms with Crippen molar-refractivity contribution in [2.24, 2.45) is 0 Å². The number of H-pyrrole nitrogens is 1. The molecular weight excluding hydrogens is 282 g/mol. The summed E-state index contributed by atoms with van der Waals surface area (Å²) in [5.74, 6) is -0.674. The highest BCUT2D eigenvalue weighted by Gasteiger charge is 2.40. The molecule has 0 amide bonds. The number of nitrogens with zero attached hydrogens (tertiary/aromatic N) is 2. The Hall–Kier alpha value is -1.41. The number of sulfonamides is 1. The van der Waals surface area contributed by atoms with Crippen LogP contribution in [-0.2, 0) is 14.8 Å². The van der Waals surface area contributed by atoms with E-state index < -0.39 is 16.0 Å². The number of aromatic amines is 1. The monoisotopic (exact) mass is 301 g/mol. The van der Waals surface area contributed by atoms with Gasteiger partial charge in [0.05, 0.1) is 12.8 Å². The van der Waals surface area contributed by atoms with Crippen molar-refractivity contribution >= 4 is 16.0 Å². The van der Waals surface area contributed by atoms with Gasteiger partial charge in [-0.2, -0.15) is 9.40 Å². The van der Waals surface area contributed by atoms with Gasteiger partial charge in [-0.05, 0) is 26.2 Å². The fourth-order valence-corrected chi connectivity index (χ4v) is 3.87. The lowest BCUT2D eigenvalue weighted by atomic mass is 10.4. The van der Waals surface area contributed by atoms with E-state index in [4.69, 9.17) is 4.74 Å². The van der Waals surface area contributed by atoms with E-state index in [-0.39, 0.29) is 23.2 Å². The first kappa shape index (κ1) is 15.0. The van der Waals surface area contributed by atoms with Crippen molar-refractivity contribution in [1.29, 1.82) is 0 Å². The summed E-state index contributed by atoms with van der Waals surface area (Å²) in [4.78, 5) is 11.8.